The van der Waals surface area contributed by atoms with E-state index in [0.717, 1.165) is 6.07 Å². The molecule has 0 saturated heterocycles. The lowest BCUT2D eigenvalue weighted by Crippen LogP contribution is -2.10. The van der Waals surface area contributed by atoms with Crippen molar-refractivity contribution in [3.63, 3.8) is 0 Å². The molecule has 0 spiro atoms. The van der Waals surface area contributed by atoms with Gasteiger partial charge in [0, 0.05) is 24.1 Å². The fraction of sp³-hybridized carbons (Fsp3) is 0.250. The van der Waals surface area contributed by atoms with Crippen molar-refractivity contribution in [3.05, 3.63) is 65.0 Å². The molecule has 3 rings (SSSR count). The van der Waals surface area contributed by atoms with Gasteiger partial charge in [0.1, 0.15) is 11.9 Å². The first-order valence-electron chi connectivity index (χ1n) is 6.65. The molecule has 0 amide bonds. The minimum Gasteiger partial charge on any atom is -0.292 e. The number of alkyl halides is 1. The third kappa shape index (κ3) is 2.33. The van der Waals surface area contributed by atoms with Crippen molar-refractivity contribution in [1.82, 2.24) is 4.98 Å². The summed E-state index contributed by atoms with van der Waals surface area (Å²) in [6, 6.07) is 6.70. The Morgan fingerprint density at radius 2 is 1.86 bits per heavy atom. The Morgan fingerprint density at radius 3 is 2.67 bits per heavy atom. The van der Waals surface area contributed by atoms with E-state index in [0.29, 0.717) is 0 Å². The van der Waals surface area contributed by atoms with Crippen LogP contribution in [-0.2, 0) is 0 Å². The smallest absolute Gasteiger partial charge is 0.181 e. The van der Waals surface area contributed by atoms with Gasteiger partial charge in [-0.1, -0.05) is 18.2 Å². The number of carbonyl (C=O) groups excluding carboxylic acids is 1. The second kappa shape index (κ2) is 5.31. The Kier molecular flexibility index (Phi) is 3.49. The van der Waals surface area contributed by atoms with Crippen LogP contribution < -0.4 is 0 Å². The van der Waals surface area contributed by atoms with Crippen LogP contribution in [0.4, 0.5) is 13.2 Å². The summed E-state index contributed by atoms with van der Waals surface area (Å²) in [6.07, 6.45) is 0.0189. The normalized spacial score (nSPS) is 21.8. The van der Waals surface area contributed by atoms with Crippen LogP contribution in [-0.4, -0.2) is 10.8 Å². The van der Waals surface area contributed by atoms with Crippen molar-refractivity contribution >= 4 is 5.78 Å². The van der Waals surface area contributed by atoms with Gasteiger partial charge in [0.05, 0.1) is 0 Å². The van der Waals surface area contributed by atoms with Crippen molar-refractivity contribution < 1.29 is 18.0 Å². The summed E-state index contributed by atoms with van der Waals surface area (Å²) in [5.74, 6) is -3.23. The van der Waals surface area contributed by atoms with E-state index >= 15 is 0 Å². The number of pyridine rings is 1. The maximum atomic E-state index is 14.8. The summed E-state index contributed by atoms with van der Waals surface area (Å²) in [6.45, 7) is 0. The van der Waals surface area contributed by atoms with Crippen molar-refractivity contribution in [1.29, 1.82) is 0 Å². The molecular weight excluding hydrogens is 279 g/mol. The van der Waals surface area contributed by atoms with E-state index in [1.807, 2.05) is 0 Å². The second-order valence-corrected chi connectivity index (χ2v) is 5.05. The zero-order chi connectivity index (χ0) is 15.0. The number of ketones is 1. The highest BCUT2D eigenvalue weighted by molar-refractivity contribution is 5.96. The number of nitrogens with zero attached hydrogens (tertiary/aromatic N) is 1. The molecule has 2 nitrogen and oxygen atoms in total. The molecule has 1 heterocycles. The summed E-state index contributed by atoms with van der Waals surface area (Å²) >= 11 is 0. The monoisotopic (exact) mass is 291 g/mol. The fourth-order valence-electron chi connectivity index (χ4n) is 2.76. The van der Waals surface area contributed by atoms with E-state index in [4.69, 9.17) is 0 Å². The van der Waals surface area contributed by atoms with Gasteiger partial charge in [-0.15, -0.1) is 0 Å². The van der Waals surface area contributed by atoms with Crippen LogP contribution in [0.2, 0.25) is 0 Å². The van der Waals surface area contributed by atoms with E-state index in [1.165, 1.54) is 30.5 Å². The third-order valence-corrected chi connectivity index (χ3v) is 3.82. The first kappa shape index (κ1) is 13.8. The summed E-state index contributed by atoms with van der Waals surface area (Å²) in [5.41, 5.74) is 0.199. The number of aromatic nitrogens is 1. The standard InChI is InChI=1S/C16H12F3NO/c17-12-5-1-3-9(15(12)19)10-6-7-13(21)16-11(14(10)18)4-2-8-20-16/h1-5,8,10,14H,6-7H2. The van der Waals surface area contributed by atoms with Crippen LogP contribution in [0.1, 0.15) is 46.5 Å². The number of rotatable bonds is 1. The maximum Gasteiger partial charge on any atom is 0.181 e. The SMILES string of the molecule is O=C1CCC(c2cccc(F)c2F)C(F)c2cccnc21. The van der Waals surface area contributed by atoms with E-state index in [2.05, 4.69) is 4.98 Å². The number of Topliss-reactive ketones (excluding diaryl/α,β-unsaturated/α-hetero) is 1. The van der Waals surface area contributed by atoms with E-state index in [9.17, 15) is 18.0 Å². The largest absolute Gasteiger partial charge is 0.292 e. The maximum absolute atomic E-state index is 14.8. The van der Waals surface area contributed by atoms with Crippen molar-refractivity contribution in [2.24, 2.45) is 0 Å². The Bertz CT molecular complexity index is 702. The van der Waals surface area contributed by atoms with Crippen molar-refractivity contribution in [2.45, 2.75) is 24.9 Å². The number of carbonyl (C=O) groups is 1. The molecule has 21 heavy (non-hydrogen) atoms. The van der Waals surface area contributed by atoms with Gasteiger partial charge in [-0.25, -0.2) is 13.2 Å². The molecule has 0 aliphatic heterocycles. The number of hydrogen-bond acceptors (Lipinski definition) is 2. The van der Waals surface area contributed by atoms with Gasteiger partial charge >= 0.3 is 0 Å². The third-order valence-electron chi connectivity index (χ3n) is 3.82. The highest BCUT2D eigenvalue weighted by Gasteiger charge is 2.34. The molecule has 0 saturated carbocycles. The zero-order valence-corrected chi connectivity index (χ0v) is 11.0. The highest BCUT2D eigenvalue weighted by Crippen LogP contribution is 2.42. The van der Waals surface area contributed by atoms with Crippen LogP contribution in [0, 0.1) is 11.6 Å². The van der Waals surface area contributed by atoms with Gasteiger partial charge in [0.2, 0.25) is 0 Å². The van der Waals surface area contributed by atoms with Crippen LogP contribution in [0.25, 0.3) is 0 Å². The lowest BCUT2D eigenvalue weighted by molar-refractivity contribution is 0.0975. The van der Waals surface area contributed by atoms with Gasteiger partial charge in [-0.2, -0.15) is 0 Å². The molecule has 1 aromatic heterocycles. The zero-order valence-electron chi connectivity index (χ0n) is 11.0. The van der Waals surface area contributed by atoms with Crippen molar-refractivity contribution in [2.75, 3.05) is 0 Å². The summed E-state index contributed by atoms with van der Waals surface area (Å²) in [4.78, 5) is 15.9. The van der Waals surface area contributed by atoms with Gasteiger partial charge in [0.25, 0.3) is 0 Å². The highest BCUT2D eigenvalue weighted by atomic mass is 19.2. The number of halogens is 3. The number of hydrogen-bond donors (Lipinski definition) is 0. The molecule has 0 N–H and O–H groups in total. The van der Waals surface area contributed by atoms with Crippen LogP contribution in [0.5, 0.6) is 0 Å². The van der Waals surface area contributed by atoms with Gasteiger partial charge in [-0.3, -0.25) is 9.78 Å². The minimum absolute atomic E-state index is 0.0352. The number of benzene rings is 1. The summed E-state index contributed by atoms with van der Waals surface area (Å²) in [7, 11) is 0. The average molecular weight is 291 g/mol. The van der Waals surface area contributed by atoms with Crippen LogP contribution in [0.15, 0.2) is 36.5 Å². The molecule has 2 unspecified atom stereocenters. The molecule has 0 radical (unpaired) electrons. The first-order valence-corrected chi connectivity index (χ1v) is 6.65. The van der Waals surface area contributed by atoms with Crippen LogP contribution >= 0.6 is 0 Å². The molecule has 0 fully saturated rings. The quantitative estimate of drug-likeness (QED) is 0.739. The van der Waals surface area contributed by atoms with E-state index in [-0.39, 0.29) is 35.4 Å². The lowest BCUT2D eigenvalue weighted by atomic mass is 9.88. The first-order chi connectivity index (χ1) is 10.1. The second-order valence-electron chi connectivity index (χ2n) is 5.05. The van der Waals surface area contributed by atoms with Crippen molar-refractivity contribution in [3.8, 4) is 0 Å². The topological polar surface area (TPSA) is 30.0 Å². The Hall–Kier alpha value is -2.17. The lowest BCUT2D eigenvalue weighted by Gasteiger charge is -2.20. The molecule has 1 aliphatic rings. The molecule has 1 aromatic carbocycles. The number of fused-ring (bicyclic) bond motifs is 1. The van der Waals surface area contributed by atoms with Gasteiger partial charge in [-0.05, 0) is 24.1 Å². The molecule has 0 bridgehead atoms. The molecule has 2 atom stereocenters. The Labute approximate surface area is 119 Å². The molecule has 108 valence electrons. The molecular formula is C16H12F3NO. The Morgan fingerprint density at radius 1 is 1.10 bits per heavy atom. The summed E-state index contributed by atoms with van der Waals surface area (Å²) < 4.78 is 42.1. The molecule has 2 aromatic rings. The Balaban J connectivity index is 2.10. The van der Waals surface area contributed by atoms with E-state index < -0.39 is 23.7 Å². The average Bonchev–Trinajstić information content (AvgIpc) is 2.62. The van der Waals surface area contributed by atoms with Crippen LogP contribution in [0.3, 0.4) is 0 Å². The fourth-order valence-corrected chi connectivity index (χ4v) is 2.76. The van der Waals surface area contributed by atoms with E-state index in [1.54, 1.807) is 0 Å². The van der Waals surface area contributed by atoms with Gasteiger partial charge < -0.3 is 0 Å². The predicted octanol–water partition coefficient (Wildman–Crippen LogP) is 4.13. The molecule has 1 aliphatic carbocycles. The summed E-state index contributed by atoms with van der Waals surface area (Å²) in [5, 5.41) is 0. The van der Waals surface area contributed by atoms with Gasteiger partial charge in [0.15, 0.2) is 17.4 Å². The molecule has 5 heteroatoms. The predicted molar refractivity (Wildman–Crippen MR) is 70.7 cm³/mol. The minimum atomic E-state index is -1.59.